The molecular formula is C14H16N3O6P. The van der Waals surface area contributed by atoms with Crippen LogP contribution in [0.25, 0.3) is 0 Å². The molecule has 0 radical (unpaired) electrons. The van der Waals surface area contributed by atoms with Gasteiger partial charge in [0.2, 0.25) is 11.7 Å². The summed E-state index contributed by atoms with van der Waals surface area (Å²) in [6.07, 6.45) is 2.96. The molecule has 0 aliphatic carbocycles. The van der Waals surface area contributed by atoms with Crippen molar-refractivity contribution in [2.24, 2.45) is 0 Å². The molecule has 0 aliphatic heterocycles. The first-order valence-corrected chi connectivity index (χ1v) is 8.22. The molecule has 0 spiro atoms. The van der Waals surface area contributed by atoms with Gasteiger partial charge in [0.1, 0.15) is 5.75 Å². The molecule has 1 aromatic carbocycles. The van der Waals surface area contributed by atoms with E-state index in [4.69, 9.17) is 18.6 Å². The highest BCUT2D eigenvalue weighted by atomic mass is 31.2. The standard InChI is InChI=1S/C14H16N3O6P/c1-4-24(19,23-17-14-15-6-5-7-16-14)22-10-8-11(20-2)13(18)12(9-10)21-3/h4-9,18H,1H2,2-3H3,(H,15,16,17). The normalized spacial score (nSPS) is 12.8. The van der Waals surface area contributed by atoms with E-state index >= 15 is 0 Å². The van der Waals surface area contributed by atoms with E-state index < -0.39 is 7.60 Å². The molecule has 1 heterocycles. The number of rotatable bonds is 8. The molecule has 0 fully saturated rings. The first-order valence-electron chi connectivity index (χ1n) is 6.61. The molecule has 2 aromatic rings. The molecular weight excluding hydrogens is 337 g/mol. The molecule has 0 aliphatic rings. The average molecular weight is 353 g/mol. The fourth-order valence-electron chi connectivity index (χ4n) is 1.62. The number of hydrogen-bond acceptors (Lipinski definition) is 9. The van der Waals surface area contributed by atoms with Crippen molar-refractivity contribution in [3.05, 3.63) is 43.0 Å². The number of nitrogens with one attached hydrogen (secondary N) is 1. The molecule has 0 saturated heterocycles. The first-order chi connectivity index (χ1) is 11.5. The smallest absolute Gasteiger partial charge is 0.424 e. The molecule has 0 saturated carbocycles. The molecule has 0 amide bonds. The number of aromatic hydroxyl groups is 1. The van der Waals surface area contributed by atoms with E-state index in [1.165, 1.54) is 38.7 Å². The van der Waals surface area contributed by atoms with Gasteiger partial charge in [0, 0.05) is 30.3 Å². The quantitative estimate of drug-likeness (QED) is 0.546. The van der Waals surface area contributed by atoms with Gasteiger partial charge in [-0.15, -0.1) is 0 Å². The number of phenolic OH excluding ortho intramolecular Hbond substituents is 1. The summed E-state index contributed by atoms with van der Waals surface area (Å²) < 4.78 is 33.0. The average Bonchev–Trinajstić information content (AvgIpc) is 2.62. The summed E-state index contributed by atoms with van der Waals surface area (Å²) in [4.78, 5) is 7.72. The number of methoxy groups -OCH3 is 2. The second-order valence-corrected chi connectivity index (χ2v) is 6.07. The second-order valence-electron chi connectivity index (χ2n) is 4.26. The van der Waals surface area contributed by atoms with Crippen molar-refractivity contribution >= 4 is 13.5 Å². The lowest BCUT2D eigenvalue weighted by molar-refractivity contribution is 0.318. The van der Waals surface area contributed by atoms with Crippen molar-refractivity contribution in [1.82, 2.24) is 9.97 Å². The van der Waals surface area contributed by atoms with Crippen LogP contribution in [0.4, 0.5) is 5.95 Å². The van der Waals surface area contributed by atoms with Crippen molar-refractivity contribution in [2.45, 2.75) is 0 Å². The Balaban J connectivity index is 2.19. The number of phenols is 1. The summed E-state index contributed by atoms with van der Waals surface area (Å²) >= 11 is 0. The molecule has 2 rings (SSSR count). The Kier molecular flexibility index (Phi) is 5.62. The van der Waals surface area contributed by atoms with Crippen LogP contribution in [-0.2, 0) is 9.19 Å². The van der Waals surface area contributed by atoms with Crippen LogP contribution in [0.5, 0.6) is 23.0 Å². The van der Waals surface area contributed by atoms with Gasteiger partial charge in [-0.2, -0.15) is 4.62 Å². The zero-order chi connectivity index (χ0) is 17.6. The fourth-order valence-corrected chi connectivity index (χ4v) is 2.41. The Morgan fingerprint density at radius 3 is 2.29 bits per heavy atom. The van der Waals surface area contributed by atoms with Gasteiger partial charge in [0.15, 0.2) is 11.5 Å². The SMILES string of the molecule is C=CP(=O)(ONc1ncccn1)Oc1cc(OC)c(O)c(OC)c1. The van der Waals surface area contributed by atoms with Gasteiger partial charge in [-0.1, -0.05) is 6.58 Å². The number of anilines is 1. The molecule has 10 heteroatoms. The van der Waals surface area contributed by atoms with Crippen LogP contribution < -0.4 is 19.5 Å². The van der Waals surface area contributed by atoms with E-state index in [1.54, 1.807) is 6.07 Å². The monoisotopic (exact) mass is 353 g/mol. The Labute approximate surface area is 138 Å². The van der Waals surface area contributed by atoms with Gasteiger partial charge in [-0.05, 0) is 6.07 Å². The van der Waals surface area contributed by atoms with Crippen LogP contribution in [0.2, 0.25) is 0 Å². The highest BCUT2D eigenvalue weighted by Crippen LogP contribution is 2.51. The summed E-state index contributed by atoms with van der Waals surface area (Å²) in [5, 5.41) is 9.87. The van der Waals surface area contributed by atoms with Crippen LogP contribution in [0.3, 0.4) is 0 Å². The van der Waals surface area contributed by atoms with E-state index in [2.05, 4.69) is 22.0 Å². The highest BCUT2D eigenvalue weighted by molar-refractivity contribution is 7.57. The lowest BCUT2D eigenvalue weighted by Crippen LogP contribution is -2.05. The third-order valence-corrected chi connectivity index (χ3v) is 4.00. The molecule has 24 heavy (non-hydrogen) atoms. The Bertz CT molecular complexity index is 730. The molecule has 2 N–H and O–H groups in total. The molecule has 0 bridgehead atoms. The van der Waals surface area contributed by atoms with Gasteiger partial charge in [-0.3, -0.25) is 0 Å². The van der Waals surface area contributed by atoms with E-state index in [0.717, 1.165) is 5.82 Å². The number of aromatic nitrogens is 2. The summed E-state index contributed by atoms with van der Waals surface area (Å²) in [6, 6.07) is 4.27. The maximum atomic E-state index is 12.6. The zero-order valence-electron chi connectivity index (χ0n) is 13.0. The number of hydrogen-bond donors (Lipinski definition) is 2. The van der Waals surface area contributed by atoms with Gasteiger partial charge in [0.25, 0.3) is 0 Å². The maximum absolute atomic E-state index is 12.6. The van der Waals surface area contributed by atoms with Crippen molar-refractivity contribution in [3.63, 3.8) is 0 Å². The van der Waals surface area contributed by atoms with Crippen molar-refractivity contribution in [2.75, 3.05) is 19.7 Å². The second kappa shape index (κ2) is 7.67. The van der Waals surface area contributed by atoms with Crippen LogP contribution in [0.15, 0.2) is 43.0 Å². The van der Waals surface area contributed by atoms with Crippen molar-refractivity contribution < 1.29 is 28.3 Å². The fraction of sp³-hybridized carbons (Fsp3) is 0.143. The van der Waals surface area contributed by atoms with Crippen LogP contribution in [0, 0.1) is 0 Å². The summed E-state index contributed by atoms with van der Waals surface area (Å²) in [5.74, 6) is 1.15. The van der Waals surface area contributed by atoms with E-state index in [0.29, 0.717) is 0 Å². The molecule has 9 nitrogen and oxygen atoms in total. The van der Waals surface area contributed by atoms with Gasteiger partial charge in [0.05, 0.1) is 14.2 Å². The predicted molar refractivity (Wildman–Crippen MR) is 86.4 cm³/mol. The topological polar surface area (TPSA) is 112 Å². The molecule has 1 aromatic heterocycles. The minimum atomic E-state index is -3.78. The highest BCUT2D eigenvalue weighted by Gasteiger charge is 2.25. The number of benzene rings is 1. The largest absolute Gasteiger partial charge is 0.502 e. The first kappa shape index (κ1) is 17.6. The summed E-state index contributed by atoms with van der Waals surface area (Å²) in [7, 11) is -1.07. The summed E-state index contributed by atoms with van der Waals surface area (Å²) in [5.41, 5.74) is 2.33. The van der Waals surface area contributed by atoms with Crippen molar-refractivity contribution in [1.29, 1.82) is 0 Å². The summed E-state index contributed by atoms with van der Waals surface area (Å²) in [6.45, 7) is 3.44. The van der Waals surface area contributed by atoms with E-state index in [9.17, 15) is 9.67 Å². The number of ether oxygens (including phenoxy) is 2. The molecule has 128 valence electrons. The van der Waals surface area contributed by atoms with Crippen molar-refractivity contribution in [3.8, 4) is 23.0 Å². The predicted octanol–water partition coefficient (Wildman–Crippen LogP) is 2.96. The van der Waals surface area contributed by atoms with Gasteiger partial charge < -0.3 is 19.1 Å². The lowest BCUT2D eigenvalue weighted by atomic mass is 10.3. The Hall–Kier alpha value is -2.77. The van der Waals surface area contributed by atoms with E-state index in [-0.39, 0.29) is 28.9 Å². The van der Waals surface area contributed by atoms with Gasteiger partial charge in [-0.25, -0.2) is 20.0 Å². The Morgan fingerprint density at radius 1 is 1.21 bits per heavy atom. The van der Waals surface area contributed by atoms with Crippen LogP contribution in [0.1, 0.15) is 0 Å². The van der Waals surface area contributed by atoms with E-state index in [1.807, 2.05) is 0 Å². The van der Waals surface area contributed by atoms with Crippen LogP contribution in [-0.4, -0.2) is 29.3 Å². The Morgan fingerprint density at radius 2 is 1.79 bits per heavy atom. The minimum Gasteiger partial charge on any atom is -0.502 e. The maximum Gasteiger partial charge on any atom is 0.424 e. The molecule has 1 unspecified atom stereocenters. The van der Waals surface area contributed by atoms with Crippen LogP contribution >= 0.6 is 7.60 Å². The third-order valence-electron chi connectivity index (χ3n) is 2.74. The minimum absolute atomic E-state index is 0.0827. The third kappa shape index (κ3) is 4.15. The zero-order valence-corrected chi connectivity index (χ0v) is 13.9. The van der Waals surface area contributed by atoms with Gasteiger partial charge >= 0.3 is 7.60 Å². The lowest BCUT2D eigenvalue weighted by Gasteiger charge is -2.17. The number of nitrogens with zero attached hydrogens (tertiary/aromatic N) is 2. The molecule has 1 atom stereocenters.